The molecule has 0 radical (unpaired) electrons. The Morgan fingerprint density at radius 3 is 2.48 bits per heavy atom. The summed E-state index contributed by atoms with van der Waals surface area (Å²) in [6, 6.07) is 14.1. The number of hydrogen-bond acceptors (Lipinski definition) is 4. The van der Waals surface area contributed by atoms with Crippen molar-refractivity contribution < 1.29 is 9.53 Å². The van der Waals surface area contributed by atoms with E-state index in [1.807, 2.05) is 52.8 Å². The van der Waals surface area contributed by atoms with Gasteiger partial charge in [-0.3, -0.25) is 9.20 Å². The first kappa shape index (κ1) is 17.4. The molecule has 0 atom stereocenters. The van der Waals surface area contributed by atoms with Gasteiger partial charge in [-0.25, -0.2) is 4.98 Å². The number of rotatable bonds is 4. The summed E-state index contributed by atoms with van der Waals surface area (Å²) < 4.78 is 7.28. The van der Waals surface area contributed by atoms with Gasteiger partial charge in [0.2, 0.25) is 0 Å². The van der Waals surface area contributed by atoms with Crippen molar-refractivity contribution in [3.63, 3.8) is 0 Å². The Hall–Kier alpha value is -3.02. The van der Waals surface area contributed by atoms with Crippen LogP contribution >= 0.6 is 0 Å². The van der Waals surface area contributed by atoms with Crippen LogP contribution in [0.4, 0.5) is 5.69 Å². The molecule has 3 heterocycles. The van der Waals surface area contributed by atoms with E-state index in [1.54, 1.807) is 7.11 Å². The van der Waals surface area contributed by atoms with Gasteiger partial charge < -0.3 is 14.5 Å². The largest absolute Gasteiger partial charge is 0.493 e. The third kappa shape index (κ3) is 3.12. The van der Waals surface area contributed by atoms with Gasteiger partial charge >= 0.3 is 0 Å². The molecule has 27 heavy (non-hydrogen) atoms. The van der Waals surface area contributed by atoms with Crippen LogP contribution in [0.1, 0.15) is 23.1 Å². The van der Waals surface area contributed by atoms with Gasteiger partial charge in [0, 0.05) is 38.1 Å². The molecule has 140 valence electrons. The van der Waals surface area contributed by atoms with Gasteiger partial charge in [-0.2, -0.15) is 0 Å². The number of aromatic nitrogens is 2. The van der Waals surface area contributed by atoms with Crippen molar-refractivity contribution in [3.8, 4) is 5.75 Å². The number of nitrogens with zero attached hydrogens (tertiary/aromatic N) is 4. The number of hydrogen-bond donors (Lipinski definition) is 0. The predicted octanol–water partition coefficient (Wildman–Crippen LogP) is 2.87. The lowest BCUT2D eigenvalue weighted by molar-refractivity contribution is 0.0738. The zero-order chi connectivity index (χ0) is 18.8. The highest BCUT2D eigenvalue weighted by molar-refractivity contribution is 5.95. The van der Waals surface area contributed by atoms with E-state index in [2.05, 4.69) is 22.0 Å². The molecule has 1 aromatic carbocycles. The van der Waals surface area contributed by atoms with E-state index in [1.165, 1.54) is 5.69 Å². The van der Waals surface area contributed by atoms with Crippen LogP contribution in [0, 0.1) is 0 Å². The molecule has 4 rings (SSSR count). The molecule has 0 aliphatic carbocycles. The molecule has 1 aliphatic rings. The van der Waals surface area contributed by atoms with E-state index in [0.29, 0.717) is 36.6 Å². The number of benzene rings is 1. The van der Waals surface area contributed by atoms with Crippen LogP contribution in [0.2, 0.25) is 0 Å². The summed E-state index contributed by atoms with van der Waals surface area (Å²) in [7, 11) is 1.62. The number of para-hydroxylation sites is 1. The highest BCUT2D eigenvalue weighted by Crippen LogP contribution is 2.24. The van der Waals surface area contributed by atoms with Crippen LogP contribution in [0.25, 0.3) is 5.65 Å². The molecular weight excluding hydrogens is 340 g/mol. The van der Waals surface area contributed by atoms with Crippen LogP contribution in [0.3, 0.4) is 0 Å². The van der Waals surface area contributed by atoms with Crippen molar-refractivity contribution in [2.45, 2.75) is 13.3 Å². The molecule has 1 amide bonds. The normalized spacial score (nSPS) is 14.6. The van der Waals surface area contributed by atoms with Crippen LogP contribution in [-0.4, -0.2) is 53.5 Å². The number of fused-ring (bicyclic) bond motifs is 1. The fraction of sp³-hybridized carbons (Fsp3) is 0.333. The number of pyridine rings is 1. The molecule has 0 N–H and O–H groups in total. The number of imidazole rings is 1. The molecule has 0 bridgehead atoms. The number of methoxy groups -OCH3 is 1. The van der Waals surface area contributed by atoms with Gasteiger partial charge in [0.15, 0.2) is 11.4 Å². The smallest absolute Gasteiger partial charge is 0.272 e. The van der Waals surface area contributed by atoms with Crippen molar-refractivity contribution in [1.82, 2.24) is 14.3 Å². The molecule has 0 saturated carbocycles. The van der Waals surface area contributed by atoms with Crippen molar-refractivity contribution in [2.75, 3.05) is 38.2 Å². The molecule has 3 aromatic rings. The summed E-state index contributed by atoms with van der Waals surface area (Å²) in [4.78, 5) is 22.2. The Kier molecular flexibility index (Phi) is 4.71. The van der Waals surface area contributed by atoms with E-state index in [0.717, 1.165) is 18.8 Å². The number of ether oxygens (including phenoxy) is 1. The minimum Gasteiger partial charge on any atom is -0.493 e. The molecule has 1 fully saturated rings. The van der Waals surface area contributed by atoms with Gasteiger partial charge in [-0.1, -0.05) is 25.1 Å². The maximum atomic E-state index is 13.3. The number of anilines is 1. The summed E-state index contributed by atoms with van der Waals surface area (Å²) >= 11 is 0. The Morgan fingerprint density at radius 1 is 1.07 bits per heavy atom. The number of piperazine rings is 1. The first-order chi connectivity index (χ1) is 13.2. The van der Waals surface area contributed by atoms with Crippen LogP contribution < -0.4 is 9.64 Å². The van der Waals surface area contributed by atoms with Gasteiger partial charge in [0.05, 0.1) is 12.8 Å². The zero-order valence-electron chi connectivity index (χ0n) is 15.8. The van der Waals surface area contributed by atoms with Crippen molar-refractivity contribution in [2.24, 2.45) is 0 Å². The van der Waals surface area contributed by atoms with Crippen molar-refractivity contribution in [3.05, 3.63) is 60.0 Å². The average Bonchev–Trinajstić information content (AvgIpc) is 3.12. The van der Waals surface area contributed by atoms with Crippen molar-refractivity contribution in [1.29, 1.82) is 0 Å². The van der Waals surface area contributed by atoms with Gasteiger partial charge in [-0.05, 0) is 30.7 Å². The quantitative estimate of drug-likeness (QED) is 0.714. The number of carbonyl (C=O) groups excluding carboxylic acids is 1. The zero-order valence-corrected chi connectivity index (χ0v) is 15.8. The predicted molar refractivity (Wildman–Crippen MR) is 106 cm³/mol. The fourth-order valence-electron chi connectivity index (χ4n) is 3.68. The fourth-order valence-corrected chi connectivity index (χ4v) is 3.68. The van der Waals surface area contributed by atoms with Crippen molar-refractivity contribution >= 4 is 17.2 Å². The molecule has 2 aromatic heterocycles. The van der Waals surface area contributed by atoms with Gasteiger partial charge in [0.1, 0.15) is 5.69 Å². The lowest BCUT2D eigenvalue weighted by atomic mass is 10.2. The number of carbonyl (C=O) groups is 1. The van der Waals surface area contributed by atoms with E-state index < -0.39 is 0 Å². The standard InChI is InChI=1S/C21H24N4O2/c1-3-17-19(25-11-7-10-18(27-2)20(25)22-17)21(26)24-14-12-23(13-15-24)16-8-5-4-6-9-16/h4-11H,3,12-15H2,1-2H3. The van der Waals surface area contributed by atoms with Crippen LogP contribution in [0.5, 0.6) is 5.75 Å². The monoisotopic (exact) mass is 364 g/mol. The van der Waals surface area contributed by atoms with Crippen LogP contribution in [-0.2, 0) is 6.42 Å². The van der Waals surface area contributed by atoms with E-state index in [9.17, 15) is 4.79 Å². The second-order valence-corrected chi connectivity index (χ2v) is 6.65. The molecule has 1 saturated heterocycles. The molecule has 1 aliphatic heterocycles. The lowest BCUT2D eigenvalue weighted by Crippen LogP contribution is -2.49. The third-order valence-electron chi connectivity index (χ3n) is 5.13. The van der Waals surface area contributed by atoms with E-state index in [4.69, 9.17) is 4.74 Å². The second kappa shape index (κ2) is 7.31. The maximum Gasteiger partial charge on any atom is 0.272 e. The molecular formula is C21H24N4O2. The minimum atomic E-state index is 0.0420. The molecule has 0 spiro atoms. The SMILES string of the molecule is CCc1nc2c(OC)cccn2c1C(=O)N1CCN(c2ccccc2)CC1. The van der Waals surface area contributed by atoms with E-state index >= 15 is 0 Å². The van der Waals surface area contributed by atoms with Gasteiger partial charge in [0.25, 0.3) is 5.91 Å². The summed E-state index contributed by atoms with van der Waals surface area (Å²) in [5.74, 6) is 0.723. The highest BCUT2D eigenvalue weighted by Gasteiger charge is 2.27. The Morgan fingerprint density at radius 2 is 1.81 bits per heavy atom. The Balaban J connectivity index is 1.59. The molecule has 6 heteroatoms. The first-order valence-corrected chi connectivity index (χ1v) is 9.36. The summed E-state index contributed by atoms with van der Waals surface area (Å²) in [6.07, 6.45) is 2.59. The average molecular weight is 364 g/mol. The van der Waals surface area contributed by atoms with E-state index in [-0.39, 0.29) is 5.91 Å². The maximum absolute atomic E-state index is 13.3. The summed E-state index contributed by atoms with van der Waals surface area (Å²) in [6.45, 7) is 5.09. The minimum absolute atomic E-state index is 0.0420. The Labute approximate surface area is 159 Å². The van der Waals surface area contributed by atoms with Crippen LogP contribution in [0.15, 0.2) is 48.7 Å². The van der Waals surface area contributed by atoms with Gasteiger partial charge in [-0.15, -0.1) is 0 Å². The first-order valence-electron chi connectivity index (χ1n) is 9.36. The Bertz CT molecular complexity index is 943. The lowest BCUT2D eigenvalue weighted by Gasteiger charge is -2.36. The second-order valence-electron chi connectivity index (χ2n) is 6.65. The third-order valence-corrected chi connectivity index (χ3v) is 5.13. The number of aryl methyl sites for hydroxylation is 1. The summed E-state index contributed by atoms with van der Waals surface area (Å²) in [5, 5.41) is 0. The molecule has 0 unspecified atom stereocenters. The number of amides is 1. The highest BCUT2D eigenvalue weighted by atomic mass is 16.5. The molecule has 6 nitrogen and oxygen atoms in total. The summed E-state index contributed by atoms with van der Waals surface area (Å²) in [5.41, 5.74) is 3.37. The topological polar surface area (TPSA) is 50.1 Å².